The van der Waals surface area contributed by atoms with E-state index in [1.165, 1.54) is 42.6 Å². The zero-order chi connectivity index (χ0) is 23.1. The van der Waals surface area contributed by atoms with E-state index in [0.717, 1.165) is 4.88 Å². The molecular formula is C21H22ClN3O6S. The molecule has 170 valence electrons. The molecule has 1 amide bonds. The Balaban J connectivity index is 1.64. The molecule has 9 nitrogen and oxygen atoms in total. The minimum Gasteiger partial charge on any atom is -0.493 e. The molecule has 3 rings (SSSR count). The number of amides is 1. The van der Waals surface area contributed by atoms with Gasteiger partial charge in [-0.1, -0.05) is 24.6 Å². The molecular weight excluding hydrogens is 458 g/mol. The van der Waals surface area contributed by atoms with E-state index < -0.39 is 12.6 Å². The van der Waals surface area contributed by atoms with Crippen molar-refractivity contribution in [2.24, 2.45) is 0 Å². The summed E-state index contributed by atoms with van der Waals surface area (Å²) in [5, 5.41) is 10.1. The number of rotatable bonds is 10. The Morgan fingerprint density at radius 1 is 1.22 bits per heavy atom. The van der Waals surface area contributed by atoms with E-state index >= 15 is 0 Å². The molecule has 0 aliphatic rings. The van der Waals surface area contributed by atoms with E-state index in [4.69, 9.17) is 30.2 Å². The van der Waals surface area contributed by atoms with Crippen molar-refractivity contribution in [3.05, 3.63) is 46.1 Å². The first kappa shape index (κ1) is 23.6. The first-order chi connectivity index (χ1) is 15.5. The summed E-state index contributed by atoms with van der Waals surface area (Å²) in [5.41, 5.74) is 0.139. The first-order valence-corrected chi connectivity index (χ1v) is 10.9. The van der Waals surface area contributed by atoms with Crippen molar-refractivity contribution >= 4 is 34.8 Å². The molecule has 0 fully saturated rings. The van der Waals surface area contributed by atoms with E-state index in [2.05, 4.69) is 10.2 Å². The fourth-order valence-electron chi connectivity index (χ4n) is 2.88. The van der Waals surface area contributed by atoms with Crippen LogP contribution in [0.2, 0.25) is 5.02 Å². The van der Waals surface area contributed by atoms with Crippen LogP contribution in [0.15, 0.2) is 34.1 Å². The number of methoxy groups -OCH3 is 2. The van der Waals surface area contributed by atoms with E-state index in [1.807, 2.05) is 24.4 Å². The second kappa shape index (κ2) is 11.0. The maximum atomic E-state index is 12.7. The van der Waals surface area contributed by atoms with Gasteiger partial charge >= 0.3 is 5.97 Å². The van der Waals surface area contributed by atoms with Crippen LogP contribution < -0.4 is 9.47 Å². The highest BCUT2D eigenvalue weighted by Gasteiger charge is 2.21. The van der Waals surface area contributed by atoms with Gasteiger partial charge < -0.3 is 23.5 Å². The number of nitrogens with zero attached hydrogens (tertiary/aromatic N) is 3. The quantitative estimate of drug-likeness (QED) is 0.401. The molecule has 2 heterocycles. The topological polar surface area (TPSA) is 104 Å². The van der Waals surface area contributed by atoms with Crippen LogP contribution in [0, 0.1) is 0 Å². The molecule has 0 aliphatic heterocycles. The molecule has 0 atom stereocenters. The summed E-state index contributed by atoms with van der Waals surface area (Å²) in [6.45, 7) is 2.04. The fourth-order valence-corrected chi connectivity index (χ4v) is 3.81. The van der Waals surface area contributed by atoms with Crippen molar-refractivity contribution in [1.82, 2.24) is 15.1 Å². The van der Waals surface area contributed by atoms with Gasteiger partial charge in [0.2, 0.25) is 5.89 Å². The van der Waals surface area contributed by atoms with Gasteiger partial charge in [0.25, 0.3) is 11.8 Å². The molecule has 0 radical (unpaired) electrons. The van der Waals surface area contributed by atoms with Crippen LogP contribution in [0.1, 0.15) is 29.6 Å². The van der Waals surface area contributed by atoms with Crippen LogP contribution in [0.25, 0.3) is 10.8 Å². The van der Waals surface area contributed by atoms with Crippen LogP contribution in [0.5, 0.6) is 11.5 Å². The predicted octanol–water partition coefficient (Wildman–Crippen LogP) is 4.06. The van der Waals surface area contributed by atoms with Gasteiger partial charge in [-0.25, -0.2) is 4.79 Å². The second-order valence-corrected chi connectivity index (χ2v) is 7.92. The van der Waals surface area contributed by atoms with E-state index in [-0.39, 0.29) is 28.8 Å². The molecule has 2 aromatic heterocycles. The average Bonchev–Trinajstić information content (AvgIpc) is 3.48. The zero-order valence-electron chi connectivity index (χ0n) is 17.8. The van der Waals surface area contributed by atoms with E-state index in [1.54, 1.807) is 0 Å². The highest BCUT2D eigenvalue weighted by atomic mass is 35.5. The Labute approximate surface area is 193 Å². The Bertz CT molecular complexity index is 1070. The monoisotopic (exact) mass is 479 g/mol. The third-order valence-corrected chi connectivity index (χ3v) is 5.51. The minimum absolute atomic E-state index is 0.116. The lowest BCUT2D eigenvalue weighted by molar-refractivity contribution is -0.135. The lowest BCUT2D eigenvalue weighted by atomic mass is 10.2. The highest BCUT2D eigenvalue weighted by Crippen LogP contribution is 2.36. The molecule has 0 spiro atoms. The number of benzene rings is 1. The van der Waals surface area contributed by atoms with Crippen molar-refractivity contribution in [2.75, 3.05) is 27.4 Å². The van der Waals surface area contributed by atoms with Crippen molar-refractivity contribution in [3.8, 4) is 22.3 Å². The molecule has 1 aromatic carbocycles. The van der Waals surface area contributed by atoms with Crippen LogP contribution in [-0.2, 0) is 16.1 Å². The summed E-state index contributed by atoms with van der Waals surface area (Å²) in [6.07, 6.45) is 0.705. The average molecular weight is 480 g/mol. The largest absolute Gasteiger partial charge is 0.493 e. The SMILES string of the molecule is CCCN(Cc1nnc(-c2cccs2)o1)C(=O)COC(=O)c1cc(Cl)c(OC)c(OC)c1. The summed E-state index contributed by atoms with van der Waals surface area (Å²) in [5.74, 6) is 0.183. The Kier molecular flexibility index (Phi) is 8.07. The third kappa shape index (κ3) is 5.57. The molecule has 0 aliphatic carbocycles. The fraction of sp³-hybridized carbons (Fsp3) is 0.333. The smallest absolute Gasteiger partial charge is 0.338 e. The number of halogens is 1. The number of thiophene rings is 1. The number of esters is 1. The Morgan fingerprint density at radius 2 is 2.03 bits per heavy atom. The van der Waals surface area contributed by atoms with Crippen LogP contribution in [0.3, 0.4) is 0 Å². The molecule has 0 unspecified atom stereocenters. The summed E-state index contributed by atoms with van der Waals surface area (Å²) in [7, 11) is 2.87. The number of ether oxygens (including phenoxy) is 3. The van der Waals surface area contributed by atoms with Crippen LogP contribution in [0.4, 0.5) is 0 Å². The molecule has 0 N–H and O–H groups in total. The lowest BCUT2D eigenvalue weighted by Gasteiger charge is -2.20. The number of carbonyl (C=O) groups is 2. The summed E-state index contributed by atoms with van der Waals surface area (Å²) < 4.78 is 21.2. The van der Waals surface area contributed by atoms with E-state index in [9.17, 15) is 9.59 Å². The van der Waals surface area contributed by atoms with Gasteiger partial charge in [0.05, 0.1) is 36.2 Å². The molecule has 0 saturated heterocycles. The normalized spacial score (nSPS) is 10.6. The number of aromatic nitrogens is 2. The number of hydrogen-bond acceptors (Lipinski definition) is 9. The van der Waals surface area contributed by atoms with Crippen molar-refractivity contribution in [1.29, 1.82) is 0 Å². The van der Waals surface area contributed by atoms with Gasteiger partial charge in [0.1, 0.15) is 0 Å². The number of hydrogen-bond donors (Lipinski definition) is 0. The molecule has 0 saturated carbocycles. The molecule has 3 aromatic rings. The summed E-state index contributed by atoms with van der Waals surface area (Å²) in [6, 6.07) is 6.59. The second-order valence-electron chi connectivity index (χ2n) is 6.56. The summed E-state index contributed by atoms with van der Waals surface area (Å²) in [4.78, 5) is 27.5. The maximum Gasteiger partial charge on any atom is 0.338 e. The van der Waals surface area contributed by atoms with Gasteiger partial charge in [-0.05, 0) is 30.0 Å². The highest BCUT2D eigenvalue weighted by molar-refractivity contribution is 7.13. The van der Waals surface area contributed by atoms with Crippen molar-refractivity contribution in [2.45, 2.75) is 19.9 Å². The molecule has 0 bridgehead atoms. The van der Waals surface area contributed by atoms with Crippen molar-refractivity contribution < 1.29 is 28.2 Å². The van der Waals surface area contributed by atoms with Gasteiger partial charge in [-0.2, -0.15) is 0 Å². The van der Waals surface area contributed by atoms with Crippen molar-refractivity contribution in [3.63, 3.8) is 0 Å². The van der Waals surface area contributed by atoms with Gasteiger partial charge in [0.15, 0.2) is 18.1 Å². The predicted molar refractivity (Wildman–Crippen MR) is 118 cm³/mol. The first-order valence-electron chi connectivity index (χ1n) is 9.69. The Hall–Kier alpha value is -3.11. The van der Waals surface area contributed by atoms with Gasteiger partial charge in [-0.3, -0.25) is 4.79 Å². The van der Waals surface area contributed by atoms with Gasteiger partial charge in [0, 0.05) is 6.54 Å². The number of carbonyl (C=O) groups excluding carboxylic acids is 2. The van der Waals surface area contributed by atoms with Crippen LogP contribution in [-0.4, -0.2) is 54.3 Å². The molecule has 32 heavy (non-hydrogen) atoms. The maximum absolute atomic E-state index is 12.7. The zero-order valence-corrected chi connectivity index (χ0v) is 19.4. The third-order valence-electron chi connectivity index (χ3n) is 4.37. The van der Waals surface area contributed by atoms with Crippen LogP contribution >= 0.6 is 22.9 Å². The standard InChI is InChI=1S/C21H22ClN3O6S/c1-4-7-25(11-17-23-24-20(31-17)16-6-5-8-32-16)18(26)12-30-21(27)13-9-14(22)19(29-3)15(10-13)28-2/h5-6,8-10H,4,7,11-12H2,1-3H3. The lowest BCUT2D eigenvalue weighted by Crippen LogP contribution is -2.35. The minimum atomic E-state index is -0.713. The molecule has 11 heteroatoms. The van der Waals surface area contributed by atoms with E-state index in [0.29, 0.717) is 30.5 Å². The van der Waals surface area contributed by atoms with Gasteiger partial charge in [-0.15, -0.1) is 21.5 Å². The Morgan fingerprint density at radius 3 is 2.69 bits per heavy atom. The summed E-state index contributed by atoms with van der Waals surface area (Å²) >= 11 is 7.61.